The van der Waals surface area contributed by atoms with Crippen molar-refractivity contribution in [1.29, 1.82) is 0 Å². The fraction of sp³-hybridized carbons (Fsp3) is 0.583. The van der Waals surface area contributed by atoms with Gasteiger partial charge in [0.15, 0.2) is 0 Å². The highest BCUT2D eigenvalue weighted by Gasteiger charge is 2.33. The van der Waals surface area contributed by atoms with Gasteiger partial charge in [-0.1, -0.05) is 19.8 Å². The van der Waals surface area contributed by atoms with Crippen molar-refractivity contribution < 1.29 is 18.3 Å². The quantitative estimate of drug-likeness (QED) is 0.633. The summed E-state index contributed by atoms with van der Waals surface area (Å²) < 4.78 is 37.8. The number of halogens is 3. The van der Waals surface area contributed by atoms with E-state index in [1.807, 2.05) is 6.92 Å². The summed E-state index contributed by atoms with van der Waals surface area (Å²) >= 11 is 0. The first kappa shape index (κ1) is 14.9. The molecule has 0 fully saturated rings. The average molecular weight is 262 g/mol. The molecule has 0 aliphatic rings. The maximum absolute atomic E-state index is 12.6. The molecule has 0 saturated heterocycles. The molecule has 18 heavy (non-hydrogen) atoms. The maximum atomic E-state index is 12.6. The molecule has 0 spiro atoms. The van der Waals surface area contributed by atoms with E-state index >= 15 is 0 Å². The van der Waals surface area contributed by atoms with Crippen molar-refractivity contribution in [3.05, 3.63) is 29.1 Å². The largest absolute Gasteiger partial charge is 0.433 e. The van der Waals surface area contributed by atoms with E-state index in [0.29, 0.717) is 12.1 Å². The summed E-state index contributed by atoms with van der Waals surface area (Å²) in [5, 5.41) is 9.19. The predicted octanol–water partition coefficient (Wildman–Crippen LogP) is 2.78. The normalized spacial score (nSPS) is 13.7. The zero-order chi connectivity index (χ0) is 13.8. The summed E-state index contributed by atoms with van der Waals surface area (Å²) in [4.78, 5) is 3.57. The van der Waals surface area contributed by atoms with Gasteiger partial charge >= 0.3 is 6.18 Å². The molecule has 102 valence electrons. The molecule has 0 radical (unpaired) electrons. The first-order chi connectivity index (χ1) is 8.34. The zero-order valence-corrected chi connectivity index (χ0v) is 10.2. The highest BCUT2D eigenvalue weighted by Crippen LogP contribution is 2.29. The summed E-state index contributed by atoms with van der Waals surface area (Å²) in [5.74, 6) is 0. The molecule has 1 aromatic rings. The molecule has 0 bridgehead atoms. The minimum Gasteiger partial charge on any atom is -0.375 e. The van der Waals surface area contributed by atoms with E-state index in [-0.39, 0.29) is 5.56 Å². The SMILES string of the molecule is CCCCCc1cc(C(N)O)cc(C(F)(F)F)n1. The Morgan fingerprint density at radius 1 is 1.33 bits per heavy atom. The number of alkyl halides is 3. The van der Waals surface area contributed by atoms with Crippen molar-refractivity contribution in [2.75, 3.05) is 0 Å². The Balaban J connectivity index is 2.99. The van der Waals surface area contributed by atoms with E-state index in [2.05, 4.69) is 4.98 Å². The van der Waals surface area contributed by atoms with Gasteiger partial charge < -0.3 is 10.8 Å². The molecular formula is C12H17F3N2O. The summed E-state index contributed by atoms with van der Waals surface area (Å²) in [6.45, 7) is 2.01. The topological polar surface area (TPSA) is 59.1 Å². The fourth-order valence-corrected chi connectivity index (χ4v) is 1.61. The Morgan fingerprint density at radius 2 is 2.00 bits per heavy atom. The molecule has 1 rings (SSSR count). The third kappa shape index (κ3) is 4.27. The molecule has 0 amide bonds. The van der Waals surface area contributed by atoms with Gasteiger partial charge in [-0.15, -0.1) is 0 Å². The average Bonchev–Trinajstić information content (AvgIpc) is 2.28. The van der Waals surface area contributed by atoms with Crippen LogP contribution in [0.3, 0.4) is 0 Å². The van der Waals surface area contributed by atoms with Gasteiger partial charge in [0.2, 0.25) is 0 Å². The van der Waals surface area contributed by atoms with Crippen LogP contribution >= 0.6 is 0 Å². The zero-order valence-electron chi connectivity index (χ0n) is 10.2. The maximum Gasteiger partial charge on any atom is 0.433 e. The number of rotatable bonds is 5. The number of nitrogens with zero attached hydrogens (tertiary/aromatic N) is 1. The Kier molecular flexibility index (Phi) is 5.10. The van der Waals surface area contributed by atoms with Gasteiger partial charge in [0, 0.05) is 5.69 Å². The monoisotopic (exact) mass is 262 g/mol. The molecule has 3 N–H and O–H groups in total. The van der Waals surface area contributed by atoms with Crippen molar-refractivity contribution in [3.8, 4) is 0 Å². The van der Waals surface area contributed by atoms with Gasteiger partial charge in [-0.2, -0.15) is 13.2 Å². The first-order valence-corrected chi connectivity index (χ1v) is 5.86. The second kappa shape index (κ2) is 6.15. The number of unbranched alkanes of at least 4 members (excludes halogenated alkanes) is 2. The van der Waals surface area contributed by atoms with Crippen LogP contribution in [0.1, 0.15) is 49.4 Å². The lowest BCUT2D eigenvalue weighted by Crippen LogP contribution is -2.15. The molecule has 0 saturated carbocycles. The van der Waals surface area contributed by atoms with Gasteiger partial charge in [-0.05, 0) is 30.5 Å². The molecule has 0 aromatic carbocycles. The highest BCUT2D eigenvalue weighted by molar-refractivity contribution is 5.24. The predicted molar refractivity (Wildman–Crippen MR) is 61.6 cm³/mol. The van der Waals surface area contributed by atoms with Crippen molar-refractivity contribution in [2.45, 2.75) is 45.0 Å². The lowest BCUT2D eigenvalue weighted by atomic mass is 10.1. The van der Waals surface area contributed by atoms with Crippen LogP contribution in [0.5, 0.6) is 0 Å². The van der Waals surface area contributed by atoms with Crippen molar-refractivity contribution in [1.82, 2.24) is 4.98 Å². The van der Waals surface area contributed by atoms with Crippen molar-refractivity contribution in [2.24, 2.45) is 5.73 Å². The molecule has 0 aliphatic heterocycles. The minimum atomic E-state index is -4.52. The smallest absolute Gasteiger partial charge is 0.375 e. The Hall–Kier alpha value is -1.14. The van der Waals surface area contributed by atoms with Crippen LogP contribution in [0.15, 0.2) is 12.1 Å². The van der Waals surface area contributed by atoms with E-state index in [1.165, 1.54) is 6.07 Å². The summed E-state index contributed by atoms with van der Waals surface area (Å²) in [7, 11) is 0. The Labute approximate surface area is 104 Å². The molecule has 1 atom stereocenters. The van der Waals surface area contributed by atoms with Gasteiger partial charge in [0.25, 0.3) is 0 Å². The van der Waals surface area contributed by atoms with E-state index in [9.17, 15) is 18.3 Å². The molecule has 1 aromatic heterocycles. The number of nitrogens with two attached hydrogens (primary N) is 1. The second-order valence-corrected chi connectivity index (χ2v) is 4.18. The number of aromatic nitrogens is 1. The lowest BCUT2D eigenvalue weighted by molar-refractivity contribution is -0.141. The lowest BCUT2D eigenvalue weighted by Gasteiger charge is -2.12. The van der Waals surface area contributed by atoms with E-state index in [0.717, 1.165) is 25.3 Å². The third-order valence-electron chi connectivity index (χ3n) is 2.57. The number of hydrogen-bond donors (Lipinski definition) is 2. The van der Waals surface area contributed by atoms with Gasteiger partial charge in [-0.3, -0.25) is 0 Å². The van der Waals surface area contributed by atoms with Crippen LogP contribution < -0.4 is 5.73 Å². The molecular weight excluding hydrogens is 245 g/mol. The van der Waals surface area contributed by atoms with Gasteiger partial charge in [0.1, 0.15) is 11.9 Å². The van der Waals surface area contributed by atoms with Gasteiger partial charge in [0.05, 0.1) is 0 Å². The Morgan fingerprint density at radius 3 is 2.50 bits per heavy atom. The van der Waals surface area contributed by atoms with Crippen molar-refractivity contribution in [3.63, 3.8) is 0 Å². The van der Waals surface area contributed by atoms with Crippen molar-refractivity contribution >= 4 is 0 Å². The fourth-order valence-electron chi connectivity index (χ4n) is 1.61. The van der Waals surface area contributed by atoms with Crippen LogP contribution in [0.25, 0.3) is 0 Å². The van der Waals surface area contributed by atoms with Crippen LogP contribution in [0.4, 0.5) is 13.2 Å². The number of aryl methyl sites for hydroxylation is 1. The van der Waals surface area contributed by atoms with E-state index in [4.69, 9.17) is 5.73 Å². The van der Waals surface area contributed by atoms with Crippen LogP contribution in [-0.4, -0.2) is 10.1 Å². The highest BCUT2D eigenvalue weighted by atomic mass is 19.4. The minimum absolute atomic E-state index is 0.0452. The number of hydrogen-bond acceptors (Lipinski definition) is 3. The first-order valence-electron chi connectivity index (χ1n) is 5.86. The number of pyridine rings is 1. The number of aliphatic hydroxyl groups is 1. The van der Waals surface area contributed by atoms with Gasteiger partial charge in [-0.25, -0.2) is 4.98 Å². The van der Waals surface area contributed by atoms with E-state index in [1.54, 1.807) is 0 Å². The summed E-state index contributed by atoms with van der Waals surface area (Å²) in [6, 6.07) is 2.21. The number of aliphatic hydroxyl groups excluding tert-OH is 1. The molecule has 1 heterocycles. The van der Waals surface area contributed by atoms with E-state index < -0.39 is 18.1 Å². The molecule has 3 nitrogen and oxygen atoms in total. The molecule has 1 unspecified atom stereocenters. The standard InChI is InChI=1S/C12H17F3N2O/c1-2-3-4-5-9-6-8(11(16)18)7-10(17-9)12(13,14)15/h6-7,11,18H,2-5,16H2,1H3. The summed E-state index contributed by atoms with van der Waals surface area (Å²) in [5.41, 5.74) is 4.57. The molecule has 6 heteroatoms. The van der Waals surface area contributed by atoms with Crippen LogP contribution in [0.2, 0.25) is 0 Å². The van der Waals surface area contributed by atoms with Crippen LogP contribution in [0, 0.1) is 0 Å². The molecule has 0 aliphatic carbocycles. The van der Waals surface area contributed by atoms with Crippen LogP contribution in [-0.2, 0) is 12.6 Å². The summed E-state index contributed by atoms with van der Waals surface area (Å²) in [6.07, 6.45) is -2.81. The third-order valence-corrected chi connectivity index (χ3v) is 2.57. The Bertz CT molecular complexity index is 391. The second-order valence-electron chi connectivity index (χ2n) is 4.18.